The van der Waals surface area contributed by atoms with Gasteiger partial charge in [-0.2, -0.15) is 5.10 Å². The number of fused-ring (bicyclic) bond motifs is 1. The predicted octanol–water partition coefficient (Wildman–Crippen LogP) is 3.59. The van der Waals surface area contributed by atoms with Crippen molar-refractivity contribution in [3.63, 3.8) is 0 Å². The summed E-state index contributed by atoms with van der Waals surface area (Å²) < 4.78 is 5.15. The number of nitrogens with one attached hydrogen (secondary N) is 2. The van der Waals surface area contributed by atoms with Crippen molar-refractivity contribution in [2.24, 2.45) is 5.10 Å². The van der Waals surface area contributed by atoms with Crippen LogP contribution in [-0.4, -0.2) is 24.2 Å². The van der Waals surface area contributed by atoms with Crippen LogP contribution in [0.4, 0.5) is 0 Å². The summed E-state index contributed by atoms with van der Waals surface area (Å²) >= 11 is 5.92. The number of hydrogen-bond acceptors (Lipinski definition) is 3. The minimum absolute atomic E-state index is 0.330. The number of para-hydroxylation sites is 1. The first-order chi connectivity index (χ1) is 11.2. The Morgan fingerprint density at radius 2 is 2.13 bits per heavy atom. The van der Waals surface area contributed by atoms with Gasteiger partial charge in [0.25, 0.3) is 5.91 Å². The molecule has 0 saturated carbocycles. The number of H-pyrrole nitrogens is 1. The van der Waals surface area contributed by atoms with Crippen molar-refractivity contribution in [1.29, 1.82) is 0 Å². The number of methoxy groups -OCH3 is 1. The first kappa shape index (κ1) is 15.1. The zero-order chi connectivity index (χ0) is 16.2. The van der Waals surface area contributed by atoms with Gasteiger partial charge in [-0.25, -0.2) is 5.43 Å². The van der Waals surface area contributed by atoms with E-state index in [1.807, 2.05) is 30.5 Å². The Hall–Kier alpha value is -2.79. The van der Waals surface area contributed by atoms with Crippen LogP contribution >= 0.6 is 11.6 Å². The summed E-state index contributed by atoms with van der Waals surface area (Å²) in [4.78, 5) is 15.3. The van der Waals surface area contributed by atoms with Crippen LogP contribution in [-0.2, 0) is 0 Å². The molecule has 0 spiro atoms. The van der Waals surface area contributed by atoms with Gasteiger partial charge in [-0.3, -0.25) is 4.79 Å². The first-order valence-corrected chi connectivity index (χ1v) is 7.30. The molecule has 1 heterocycles. The van der Waals surface area contributed by atoms with Gasteiger partial charge in [0.2, 0.25) is 0 Å². The van der Waals surface area contributed by atoms with E-state index in [4.69, 9.17) is 16.3 Å². The Bertz CT molecular complexity index is 886. The van der Waals surface area contributed by atoms with E-state index in [1.54, 1.807) is 18.3 Å². The fourth-order valence-corrected chi connectivity index (χ4v) is 2.45. The molecular formula is C17H14ClN3O2. The molecule has 1 amide bonds. The van der Waals surface area contributed by atoms with Gasteiger partial charge in [0, 0.05) is 27.7 Å². The van der Waals surface area contributed by atoms with Crippen LogP contribution in [0, 0.1) is 0 Å². The van der Waals surface area contributed by atoms with Crippen molar-refractivity contribution in [2.45, 2.75) is 0 Å². The maximum Gasteiger partial charge on any atom is 0.275 e. The lowest BCUT2D eigenvalue weighted by Crippen LogP contribution is -2.18. The van der Waals surface area contributed by atoms with Crippen molar-refractivity contribution in [3.8, 4) is 5.75 Å². The Kier molecular flexibility index (Phi) is 4.30. The quantitative estimate of drug-likeness (QED) is 0.568. The molecule has 0 aliphatic rings. The molecule has 2 N–H and O–H groups in total. The lowest BCUT2D eigenvalue weighted by atomic mass is 10.2. The average Bonchev–Trinajstić information content (AvgIpc) is 2.98. The minimum atomic E-state index is -0.388. The molecule has 0 fully saturated rings. The number of nitrogens with zero attached hydrogens (tertiary/aromatic N) is 1. The third kappa shape index (κ3) is 3.19. The normalized spacial score (nSPS) is 11.0. The second-order valence-corrected chi connectivity index (χ2v) is 5.27. The third-order valence-corrected chi connectivity index (χ3v) is 3.63. The molecule has 0 aliphatic heterocycles. The average molecular weight is 328 g/mol. The fraction of sp³-hybridized carbons (Fsp3) is 0.0588. The van der Waals surface area contributed by atoms with Crippen molar-refractivity contribution in [3.05, 3.63) is 64.8 Å². The lowest BCUT2D eigenvalue weighted by Gasteiger charge is -2.07. The Labute approximate surface area is 137 Å². The van der Waals surface area contributed by atoms with E-state index in [9.17, 15) is 4.79 Å². The molecule has 116 valence electrons. The number of halogens is 1. The molecule has 3 aromatic rings. The number of carbonyl (C=O) groups is 1. The van der Waals surface area contributed by atoms with Gasteiger partial charge >= 0.3 is 0 Å². The summed E-state index contributed by atoms with van der Waals surface area (Å²) in [6.45, 7) is 0. The Morgan fingerprint density at radius 3 is 2.96 bits per heavy atom. The van der Waals surface area contributed by atoms with Crippen LogP contribution in [0.15, 0.2) is 53.8 Å². The highest BCUT2D eigenvalue weighted by atomic mass is 35.5. The van der Waals surface area contributed by atoms with Gasteiger partial charge in [-0.05, 0) is 24.3 Å². The number of rotatable bonds is 4. The molecule has 0 bridgehead atoms. The van der Waals surface area contributed by atoms with Crippen LogP contribution in [0.3, 0.4) is 0 Å². The van der Waals surface area contributed by atoms with E-state index in [1.165, 1.54) is 13.2 Å². The molecule has 5 nitrogen and oxygen atoms in total. The molecule has 0 saturated heterocycles. The monoisotopic (exact) mass is 327 g/mol. The highest BCUT2D eigenvalue weighted by Crippen LogP contribution is 2.22. The van der Waals surface area contributed by atoms with Crippen LogP contribution in [0.25, 0.3) is 10.9 Å². The van der Waals surface area contributed by atoms with Crippen molar-refractivity contribution in [2.75, 3.05) is 7.11 Å². The first-order valence-electron chi connectivity index (χ1n) is 6.92. The van der Waals surface area contributed by atoms with Crippen molar-refractivity contribution < 1.29 is 9.53 Å². The Balaban J connectivity index is 1.78. The van der Waals surface area contributed by atoms with E-state index < -0.39 is 0 Å². The van der Waals surface area contributed by atoms with Gasteiger partial charge in [-0.1, -0.05) is 29.8 Å². The zero-order valence-electron chi connectivity index (χ0n) is 12.3. The van der Waals surface area contributed by atoms with E-state index in [0.29, 0.717) is 16.3 Å². The van der Waals surface area contributed by atoms with E-state index in [0.717, 1.165) is 16.5 Å². The highest BCUT2D eigenvalue weighted by Gasteiger charge is 2.12. The van der Waals surface area contributed by atoms with Crippen LogP contribution < -0.4 is 10.2 Å². The topological polar surface area (TPSA) is 66.5 Å². The number of aromatic nitrogens is 1. The van der Waals surface area contributed by atoms with Crippen LogP contribution in [0.5, 0.6) is 5.75 Å². The van der Waals surface area contributed by atoms with Gasteiger partial charge in [0.1, 0.15) is 5.75 Å². The number of carbonyl (C=O) groups excluding carboxylic acids is 1. The summed E-state index contributed by atoms with van der Waals surface area (Å²) in [6.07, 6.45) is 3.42. The molecule has 0 atom stereocenters. The van der Waals surface area contributed by atoms with E-state index in [-0.39, 0.29) is 5.91 Å². The summed E-state index contributed by atoms with van der Waals surface area (Å²) in [5.41, 5.74) is 4.71. The number of ether oxygens (including phenoxy) is 1. The van der Waals surface area contributed by atoms with Gasteiger partial charge in [-0.15, -0.1) is 0 Å². The summed E-state index contributed by atoms with van der Waals surface area (Å²) in [7, 11) is 1.50. The number of hydrogen-bond donors (Lipinski definition) is 2. The maximum atomic E-state index is 12.2. The minimum Gasteiger partial charge on any atom is -0.496 e. The van der Waals surface area contributed by atoms with Gasteiger partial charge in [0.05, 0.1) is 18.9 Å². The zero-order valence-corrected chi connectivity index (χ0v) is 13.1. The largest absolute Gasteiger partial charge is 0.496 e. The number of hydrazone groups is 1. The predicted molar refractivity (Wildman–Crippen MR) is 91.4 cm³/mol. The highest BCUT2D eigenvalue weighted by molar-refractivity contribution is 6.31. The molecule has 3 rings (SSSR count). The van der Waals surface area contributed by atoms with Crippen LogP contribution in [0.2, 0.25) is 5.02 Å². The van der Waals surface area contributed by atoms with Crippen LogP contribution in [0.1, 0.15) is 15.9 Å². The van der Waals surface area contributed by atoms with Crippen molar-refractivity contribution in [1.82, 2.24) is 10.4 Å². The summed E-state index contributed by atoms with van der Waals surface area (Å²) in [5.74, 6) is 0.0506. The SMILES string of the molecule is COc1ccc(Cl)cc1C(=O)N/N=C/c1c[nH]c2ccccc12. The molecule has 6 heteroatoms. The van der Waals surface area contributed by atoms with E-state index >= 15 is 0 Å². The fourth-order valence-electron chi connectivity index (χ4n) is 2.28. The third-order valence-electron chi connectivity index (χ3n) is 3.40. The van der Waals surface area contributed by atoms with Gasteiger partial charge in [0.15, 0.2) is 0 Å². The molecule has 1 aromatic heterocycles. The number of amides is 1. The summed E-state index contributed by atoms with van der Waals surface area (Å²) in [5, 5.41) is 5.49. The number of aromatic amines is 1. The second-order valence-electron chi connectivity index (χ2n) is 4.83. The molecule has 2 aromatic carbocycles. The van der Waals surface area contributed by atoms with Gasteiger partial charge < -0.3 is 9.72 Å². The van der Waals surface area contributed by atoms with Crippen molar-refractivity contribution >= 4 is 34.6 Å². The second kappa shape index (κ2) is 6.54. The van der Waals surface area contributed by atoms with E-state index in [2.05, 4.69) is 15.5 Å². The standard InChI is InChI=1S/C17H14ClN3O2/c1-23-16-7-6-12(18)8-14(16)17(22)21-20-10-11-9-19-15-5-3-2-4-13(11)15/h2-10,19H,1H3,(H,21,22)/b20-10+. The molecule has 0 radical (unpaired) electrons. The molecular weight excluding hydrogens is 314 g/mol. The lowest BCUT2D eigenvalue weighted by molar-refractivity contribution is 0.0952. The number of benzene rings is 2. The summed E-state index contributed by atoms with van der Waals surface area (Å²) in [6, 6.07) is 12.7. The molecule has 0 unspecified atom stereocenters. The Morgan fingerprint density at radius 1 is 1.30 bits per heavy atom. The maximum absolute atomic E-state index is 12.2. The molecule has 0 aliphatic carbocycles. The molecule has 23 heavy (non-hydrogen) atoms. The smallest absolute Gasteiger partial charge is 0.275 e.